The molecule has 5 aromatic carbocycles. The van der Waals surface area contributed by atoms with E-state index in [0.717, 1.165) is 32.3 Å². The summed E-state index contributed by atoms with van der Waals surface area (Å²) in [5, 5.41) is 5.26. The summed E-state index contributed by atoms with van der Waals surface area (Å²) in [5.41, 5.74) is 1.55. The standard InChI is InChI=1S/C30H24FNO6/c1-33-22-10-17-18-11-24(35-3)25(36-4)13-20(18)27-21(19(17)12-23(22)34-2)14-26(37-5)29-28(27)32-30(38-29)15-7-6-8-16(31)9-15/h6-14H,1-5H3. The Balaban J connectivity index is 1.86. The average Bonchev–Trinajstić information content (AvgIpc) is 3.40. The van der Waals surface area contributed by atoms with Gasteiger partial charge in [-0.2, -0.15) is 0 Å². The quantitative estimate of drug-likeness (QED) is 0.219. The molecule has 0 bridgehead atoms. The number of aromatic nitrogens is 1. The SMILES string of the molecule is COc1cc2c3cc(OC)c(OC)cc3c3c(cc(OC)c4oc(-c5cccc(F)c5)nc43)c2cc1OC. The van der Waals surface area contributed by atoms with Gasteiger partial charge in [0.05, 0.1) is 35.5 Å². The van der Waals surface area contributed by atoms with E-state index in [2.05, 4.69) is 0 Å². The van der Waals surface area contributed by atoms with Crippen LogP contribution >= 0.6 is 0 Å². The zero-order chi connectivity index (χ0) is 26.6. The van der Waals surface area contributed by atoms with Gasteiger partial charge in [-0.15, -0.1) is 0 Å². The lowest BCUT2D eigenvalue weighted by atomic mass is 9.92. The van der Waals surface area contributed by atoms with Crippen LogP contribution in [0.25, 0.3) is 54.9 Å². The van der Waals surface area contributed by atoms with Crippen LogP contribution in [-0.2, 0) is 0 Å². The molecule has 0 spiro atoms. The van der Waals surface area contributed by atoms with Crippen LogP contribution < -0.4 is 23.7 Å². The molecule has 38 heavy (non-hydrogen) atoms. The van der Waals surface area contributed by atoms with Gasteiger partial charge >= 0.3 is 0 Å². The molecule has 0 aliphatic heterocycles. The first-order valence-corrected chi connectivity index (χ1v) is 11.8. The second-order valence-electron chi connectivity index (χ2n) is 8.71. The minimum Gasteiger partial charge on any atom is -0.493 e. The molecule has 0 aliphatic rings. The normalized spacial score (nSPS) is 11.4. The number of nitrogens with zero attached hydrogens (tertiary/aromatic N) is 1. The number of benzene rings is 5. The Labute approximate surface area is 217 Å². The van der Waals surface area contributed by atoms with E-state index in [9.17, 15) is 4.39 Å². The van der Waals surface area contributed by atoms with E-state index in [1.807, 2.05) is 30.3 Å². The number of oxazole rings is 1. The number of halogens is 1. The molecule has 0 amide bonds. The molecule has 1 heterocycles. The third-order valence-corrected chi connectivity index (χ3v) is 6.82. The molecular weight excluding hydrogens is 489 g/mol. The summed E-state index contributed by atoms with van der Waals surface area (Å²) >= 11 is 0. The molecule has 0 unspecified atom stereocenters. The van der Waals surface area contributed by atoms with E-state index in [0.29, 0.717) is 45.4 Å². The summed E-state index contributed by atoms with van der Waals surface area (Å²) in [6.07, 6.45) is 0. The zero-order valence-corrected chi connectivity index (χ0v) is 21.5. The largest absolute Gasteiger partial charge is 0.493 e. The van der Waals surface area contributed by atoms with Gasteiger partial charge in [0.15, 0.2) is 34.3 Å². The van der Waals surface area contributed by atoms with E-state index in [1.54, 1.807) is 47.7 Å². The van der Waals surface area contributed by atoms with Gasteiger partial charge in [-0.1, -0.05) is 6.07 Å². The summed E-state index contributed by atoms with van der Waals surface area (Å²) in [6.45, 7) is 0. The summed E-state index contributed by atoms with van der Waals surface area (Å²) < 4.78 is 48.5. The molecule has 0 aliphatic carbocycles. The van der Waals surface area contributed by atoms with Crippen molar-refractivity contribution in [2.75, 3.05) is 35.5 Å². The Bertz CT molecular complexity index is 1840. The van der Waals surface area contributed by atoms with Crippen molar-refractivity contribution >= 4 is 43.4 Å². The van der Waals surface area contributed by atoms with Crippen molar-refractivity contribution in [1.82, 2.24) is 4.98 Å². The van der Waals surface area contributed by atoms with Crippen LogP contribution in [0.3, 0.4) is 0 Å². The highest BCUT2D eigenvalue weighted by atomic mass is 19.1. The number of hydrogen-bond acceptors (Lipinski definition) is 7. The van der Waals surface area contributed by atoms with Crippen LogP contribution in [0.5, 0.6) is 28.7 Å². The molecule has 0 fully saturated rings. The number of hydrogen-bond donors (Lipinski definition) is 0. The Kier molecular flexibility index (Phi) is 5.60. The van der Waals surface area contributed by atoms with Gasteiger partial charge in [-0.05, 0) is 75.5 Å². The molecule has 6 rings (SSSR count). The summed E-state index contributed by atoms with van der Waals surface area (Å²) in [5.74, 6) is 2.74. The van der Waals surface area contributed by atoms with E-state index in [-0.39, 0.29) is 11.7 Å². The van der Waals surface area contributed by atoms with Gasteiger partial charge < -0.3 is 28.1 Å². The number of ether oxygens (including phenoxy) is 5. The lowest BCUT2D eigenvalue weighted by molar-refractivity contribution is 0.355. The van der Waals surface area contributed by atoms with E-state index >= 15 is 0 Å². The smallest absolute Gasteiger partial charge is 0.227 e. The molecule has 7 nitrogen and oxygen atoms in total. The molecule has 0 radical (unpaired) electrons. The third kappa shape index (κ3) is 3.44. The maximum absolute atomic E-state index is 14.0. The monoisotopic (exact) mass is 513 g/mol. The predicted molar refractivity (Wildman–Crippen MR) is 145 cm³/mol. The Hall–Kier alpha value is -4.72. The van der Waals surface area contributed by atoms with Gasteiger partial charge in [0.25, 0.3) is 0 Å². The van der Waals surface area contributed by atoms with Crippen molar-refractivity contribution < 1.29 is 32.5 Å². The van der Waals surface area contributed by atoms with Crippen molar-refractivity contribution in [2.45, 2.75) is 0 Å². The zero-order valence-electron chi connectivity index (χ0n) is 21.5. The summed E-state index contributed by atoms with van der Waals surface area (Å²) in [6, 6.07) is 15.8. The first-order chi connectivity index (χ1) is 18.5. The molecule has 6 aromatic rings. The van der Waals surface area contributed by atoms with E-state index < -0.39 is 0 Å². The fourth-order valence-electron chi connectivity index (χ4n) is 5.07. The van der Waals surface area contributed by atoms with Crippen LogP contribution in [0.4, 0.5) is 4.39 Å². The highest BCUT2D eigenvalue weighted by Gasteiger charge is 2.23. The molecule has 0 N–H and O–H groups in total. The Morgan fingerprint density at radius 2 is 1.08 bits per heavy atom. The van der Waals surface area contributed by atoms with Crippen LogP contribution in [0.2, 0.25) is 0 Å². The molecule has 192 valence electrons. The van der Waals surface area contributed by atoms with Crippen molar-refractivity contribution in [3.05, 3.63) is 60.4 Å². The maximum Gasteiger partial charge on any atom is 0.227 e. The van der Waals surface area contributed by atoms with Gasteiger partial charge in [0, 0.05) is 10.9 Å². The fraction of sp³-hybridized carbons (Fsp3) is 0.167. The minimum atomic E-state index is -0.379. The van der Waals surface area contributed by atoms with Crippen molar-refractivity contribution in [3.8, 4) is 40.2 Å². The van der Waals surface area contributed by atoms with Gasteiger partial charge in [-0.3, -0.25) is 0 Å². The number of rotatable bonds is 6. The first-order valence-electron chi connectivity index (χ1n) is 11.8. The maximum atomic E-state index is 14.0. The molecule has 0 saturated carbocycles. The molecular formula is C30H24FNO6. The van der Waals surface area contributed by atoms with Gasteiger partial charge in [0.2, 0.25) is 5.89 Å². The summed E-state index contributed by atoms with van der Waals surface area (Å²) in [7, 11) is 7.97. The van der Waals surface area contributed by atoms with E-state index in [1.165, 1.54) is 12.1 Å². The number of methoxy groups -OCH3 is 5. The lowest BCUT2D eigenvalue weighted by Crippen LogP contribution is -1.95. The second-order valence-corrected chi connectivity index (χ2v) is 8.71. The van der Waals surface area contributed by atoms with Crippen molar-refractivity contribution in [1.29, 1.82) is 0 Å². The van der Waals surface area contributed by atoms with Gasteiger partial charge in [0.1, 0.15) is 11.3 Å². The van der Waals surface area contributed by atoms with Crippen LogP contribution in [0, 0.1) is 5.82 Å². The molecule has 0 saturated heterocycles. The fourth-order valence-corrected chi connectivity index (χ4v) is 5.07. The summed E-state index contributed by atoms with van der Waals surface area (Å²) in [4.78, 5) is 4.85. The number of fused-ring (bicyclic) bond motifs is 8. The minimum absolute atomic E-state index is 0.284. The van der Waals surface area contributed by atoms with Crippen LogP contribution in [-0.4, -0.2) is 40.5 Å². The van der Waals surface area contributed by atoms with Crippen molar-refractivity contribution in [2.24, 2.45) is 0 Å². The van der Waals surface area contributed by atoms with Crippen molar-refractivity contribution in [3.63, 3.8) is 0 Å². The molecule has 8 heteroatoms. The van der Waals surface area contributed by atoms with E-state index in [4.69, 9.17) is 33.1 Å². The van der Waals surface area contributed by atoms with Crippen LogP contribution in [0.15, 0.2) is 59.0 Å². The highest BCUT2D eigenvalue weighted by Crippen LogP contribution is 2.48. The predicted octanol–water partition coefficient (Wildman–Crippen LogP) is 7.14. The lowest BCUT2D eigenvalue weighted by Gasteiger charge is -2.17. The van der Waals surface area contributed by atoms with Gasteiger partial charge in [-0.25, -0.2) is 9.37 Å². The Morgan fingerprint density at radius 3 is 1.58 bits per heavy atom. The molecule has 0 atom stereocenters. The second kappa shape index (κ2) is 8.99. The first kappa shape index (κ1) is 23.7. The average molecular weight is 514 g/mol. The van der Waals surface area contributed by atoms with Crippen LogP contribution in [0.1, 0.15) is 0 Å². The third-order valence-electron chi connectivity index (χ3n) is 6.82. The molecule has 1 aromatic heterocycles. The topological polar surface area (TPSA) is 72.2 Å². The Morgan fingerprint density at radius 1 is 0.605 bits per heavy atom. The highest BCUT2D eigenvalue weighted by molar-refractivity contribution is 6.32.